The maximum Gasteiger partial charge on any atom is 0.234 e. The van der Waals surface area contributed by atoms with Crippen LogP contribution in [0, 0.1) is 0 Å². The van der Waals surface area contributed by atoms with Crippen LogP contribution in [0.1, 0.15) is 49.4 Å². The largest absolute Gasteiger partial charge is 0.351 e. The Hall–Kier alpha value is -2.60. The molecule has 0 aliphatic heterocycles. The van der Waals surface area contributed by atoms with Gasteiger partial charge in [0.1, 0.15) is 0 Å². The molecule has 0 aromatic heterocycles. The highest BCUT2D eigenvalue weighted by atomic mass is 32.2. The molecule has 1 aliphatic carbocycles. The summed E-state index contributed by atoms with van der Waals surface area (Å²) in [4.78, 5) is 31.0. The summed E-state index contributed by atoms with van der Waals surface area (Å²) in [7, 11) is 2.09. The number of amides is 1. The van der Waals surface area contributed by atoms with Gasteiger partial charge in [-0.05, 0) is 56.2 Å². The number of aliphatic imine (C=N–C) groups is 1. The first-order chi connectivity index (χ1) is 14.5. The number of nitrogens with one attached hydrogen (secondary N) is 1. The van der Waals surface area contributed by atoms with Crippen molar-refractivity contribution in [2.45, 2.75) is 45.1 Å². The molecule has 0 radical (unpaired) electrons. The number of Topliss-reactive ketones (excluding diaryl/α,β-unsaturated/α-hetero) is 1. The molecule has 158 valence electrons. The van der Waals surface area contributed by atoms with Gasteiger partial charge in [0, 0.05) is 24.3 Å². The Labute approximate surface area is 183 Å². The number of rotatable bonds is 6. The molecule has 1 fully saturated rings. The van der Waals surface area contributed by atoms with E-state index in [0.29, 0.717) is 17.3 Å². The van der Waals surface area contributed by atoms with Gasteiger partial charge in [-0.2, -0.15) is 0 Å². The minimum absolute atomic E-state index is 0.0101. The van der Waals surface area contributed by atoms with Crippen LogP contribution in [-0.2, 0) is 4.79 Å². The second kappa shape index (κ2) is 11.0. The minimum Gasteiger partial charge on any atom is -0.351 e. The highest BCUT2D eigenvalue weighted by Crippen LogP contribution is 2.26. The van der Waals surface area contributed by atoms with Gasteiger partial charge in [0.2, 0.25) is 5.91 Å². The van der Waals surface area contributed by atoms with Crippen molar-refractivity contribution >= 4 is 40.0 Å². The van der Waals surface area contributed by atoms with Crippen molar-refractivity contribution in [3.8, 4) is 0 Å². The van der Waals surface area contributed by atoms with Crippen LogP contribution in [0.25, 0.3) is 0 Å². The molecule has 1 aliphatic rings. The summed E-state index contributed by atoms with van der Waals surface area (Å²) in [5, 5.41) is 3.77. The van der Waals surface area contributed by atoms with E-state index in [1.165, 1.54) is 50.8 Å². The van der Waals surface area contributed by atoms with Crippen molar-refractivity contribution < 1.29 is 9.59 Å². The van der Waals surface area contributed by atoms with E-state index in [1.54, 1.807) is 24.3 Å². The van der Waals surface area contributed by atoms with Gasteiger partial charge in [-0.1, -0.05) is 49.2 Å². The molecule has 0 atom stereocenters. The Morgan fingerprint density at radius 1 is 1.03 bits per heavy atom. The number of amidine groups is 1. The molecule has 3 rings (SSSR count). The van der Waals surface area contributed by atoms with E-state index in [4.69, 9.17) is 4.99 Å². The lowest BCUT2D eigenvalue weighted by Crippen LogP contribution is -2.37. The Bertz CT molecular complexity index is 875. The normalized spacial score (nSPS) is 14.9. The summed E-state index contributed by atoms with van der Waals surface area (Å²) in [6, 6.07) is 17.3. The van der Waals surface area contributed by atoms with Crippen LogP contribution in [0.3, 0.4) is 0 Å². The number of para-hydroxylation sites is 1. The third-order valence-corrected chi connectivity index (χ3v) is 6.36. The molecular formula is C24H29N3O2S. The van der Waals surface area contributed by atoms with Crippen LogP contribution in [0.5, 0.6) is 0 Å². The van der Waals surface area contributed by atoms with Crippen LogP contribution < -0.4 is 5.32 Å². The van der Waals surface area contributed by atoms with Crippen molar-refractivity contribution in [2.24, 2.45) is 4.99 Å². The molecule has 30 heavy (non-hydrogen) atoms. The second-order valence-electron chi connectivity index (χ2n) is 7.60. The summed E-state index contributed by atoms with van der Waals surface area (Å²) < 4.78 is 0. The highest BCUT2D eigenvalue weighted by Gasteiger charge is 2.22. The monoisotopic (exact) mass is 423 g/mol. The van der Waals surface area contributed by atoms with Gasteiger partial charge >= 0.3 is 0 Å². The number of ketones is 1. The standard InChI is InChI=1S/C24H29N3O2S/c1-18(28)19-13-15-21(16-14-19)25-23(29)17-30-24(26-20-9-5-3-6-10-20)27(2)22-11-7-4-8-12-22/h3,5-6,9-10,13-16,22H,4,7-8,11-12,17H2,1-2H3,(H,25,29). The van der Waals surface area contributed by atoms with Gasteiger partial charge in [-0.3, -0.25) is 9.59 Å². The van der Waals surface area contributed by atoms with Gasteiger partial charge in [0.05, 0.1) is 11.4 Å². The molecule has 2 aromatic carbocycles. The molecule has 1 amide bonds. The fourth-order valence-corrected chi connectivity index (χ4v) is 4.42. The third-order valence-electron chi connectivity index (χ3n) is 5.31. The molecule has 0 spiro atoms. The van der Waals surface area contributed by atoms with E-state index in [9.17, 15) is 9.59 Å². The van der Waals surface area contributed by atoms with Gasteiger partial charge in [-0.25, -0.2) is 4.99 Å². The molecule has 0 unspecified atom stereocenters. The lowest BCUT2D eigenvalue weighted by atomic mass is 9.95. The summed E-state index contributed by atoms with van der Waals surface area (Å²) in [5.74, 6) is 0.196. The minimum atomic E-state index is -0.0895. The Balaban J connectivity index is 1.65. The van der Waals surface area contributed by atoms with E-state index in [1.807, 2.05) is 30.3 Å². The van der Waals surface area contributed by atoms with Crippen LogP contribution in [-0.4, -0.2) is 40.6 Å². The number of hydrogen-bond donors (Lipinski definition) is 1. The Morgan fingerprint density at radius 3 is 2.33 bits per heavy atom. The first-order valence-corrected chi connectivity index (χ1v) is 11.4. The zero-order chi connectivity index (χ0) is 21.3. The number of carbonyl (C=O) groups is 2. The fraction of sp³-hybridized carbons (Fsp3) is 0.375. The maximum absolute atomic E-state index is 12.5. The van der Waals surface area contributed by atoms with Crippen molar-refractivity contribution in [1.29, 1.82) is 0 Å². The molecule has 1 N–H and O–H groups in total. The summed E-state index contributed by atoms with van der Waals surface area (Å²) in [6.07, 6.45) is 6.12. The molecule has 6 heteroatoms. The molecule has 0 heterocycles. The second-order valence-corrected chi connectivity index (χ2v) is 8.55. The molecular weight excluding hydrogens is 394 g/mol. The highest BCUT2D eigenvalue weighted by molar-refractivity contribution is 8.14. The van der Waals surface area contributed by atoms with E-state index in [2.05, 4.69) is 17.3 Å². The first kappa shape index (κ1) is 22.1. The molecule has 0 bridgehead atoms. The summed E-state index contributed by atoms with van der Waals surface area (Å²) >= 11 is 1.46. The van der Waals surface area contributed by atoms with Crippen LogP contribution in [0.2, 0.25) is 0 Å². The average molecular weight is 424 g/mol. The van der Waals surface area contributed by atoms with Crippen molar-refractivity contribution in [1.82, 2.24) is 4.90 Å². The van der Waals surface area contributed by atoms with Crippen LogP contribution in [0.4, 0.5) is 11.4 Å². The number of hydrogen-bond acceptors (Lipinski definition) is 4. The van der Waals surface area contributed by atoms with Gasteiger partial charge in [0.25, 0.3) is 0 Å². The number of anilines is 1. The SMILES string of the molecule is CC(=O)c1ccc(NC(=O)CSC(=Nc2ccccc2)N(C)C2CCCCC2)cc1. The van der Waals surface area contributed by atoms with Crippen molar-refractivity contribution in [3.63, 3.8) is 0 Å². The van der Waals surface area contributed by atoms with E-state index in [0.717, 1.165) is 10.9 Å². The van der Waals surface area contributed by atoms with Crippen LogP contribution >= 0.6 is 11.8 Å². The topological polar surface area (TPSA) is 61.8 Å². The van der Waals surface area contributed by atoms with Crippen LogP contribution in [0.15, 0.2) is 59.6 Å². The fourth-order valence-electron chi connectivity index (χ4n) is 3.57. The molecule has 0 saturated heterocycles. The molecule has 5 nitrogen and oxygen atoms in total. The van der Waals surface area contributed by atoms with E-state index in [-0.39, 0.29) is 17.4 Å². The maximum atomic E-state index is 12.5. The van der Waals surface area contributed by atoms with E-state index >= 15 is 0 Å². The number of carbonyl (C=O) groups excluding carboxylic acids is 2. The Morgan fingerprint density at radius 2 is 1.70 bits per heavy atom. The Kier molecular flexibility index (Phi) is 8.08. The van der Waals surface area contributed by atoms with E-state index < -0.39 is 0 Å². The van der Waals surface area contributed by atoms with Crippen molar-refractivity contribution in [2.75, 3.05) is 18.1 Å². The smallest absolute Gasteiger partial charge is 0.234 e. The van der Waals surface area contributed by atoms with Gasteiger partial charge < -0.3 is 10.2 Å². The zero-order valence-electron chi connectivity index (χ0n) is 17.6. The number of benzene rings is 2. The predicted molar refractivity (Wildman–Crippen MR) is 126 cm³/mol. The molecule has 1 saturated carbocycles. The summed E-state index contributed by atoms with van der Waals surface area (Å²) in [6.45, 7) is 1.53. The predicted octanol–water partition coefficient (Wildman–Crippen LogP) is 5.51. The lowest BCUT2D eigenvalue weighted by molar-refractivity contribution is -0.113. The first-order valence-electron chi connectivity index (χ1n) is 10.4. The third kappa shape index (κ3) is 6.46. The summed E-state index contributed by atoms with van der Waals surface area (Å²) in [5.41, 5.74) is 2.21. The molecule has 2 aromatic rings. The number of thioether (sulfide) groups is 1. The average Bonchev–Trinajstić information content (AvgIpc) is 2.78. The van der Waals surface area contributed by atoms with Crippen molar-refractivity contribution in [3.05, 3.63) is 60.2 Å². The lowest BCUT2D eigenvalue weighted by Gasteiger charge is -2.33. The van der Waals surface area contributed by atoms with Gasteiger partial charge in [0.15, 0.2) is 11.0 Å². The van der Waals surface area contributed by atoms with Gasteiger partial charge in [-0.15, -0.1) is 0 Å². The quantitative estimate of drug-likeness (QED) is 0.378. The zero-order valence-corrected chi connectivity index (χ0v) is 18.5. The number of nitrogens with zero attached hydrogens (tertiary/aromatic N) is 2.